The fourth-order valence-corrected chi connectivity index (χ4v) is 5.94. The van der Waals surface area contributed by atoms with E-state index in [0.29, 0.717) is 11.7 Å². The second-order valence-electron chi connectivity index (χ2n) is 10.7. The van der Waals surface area contributed by atoms with Crippen LogP contribution in [0.1, 0.15) is 109 Å². The minimum Gasteiger partial charge on any atom is -0.426 e. The molecule has 4 nitrogen and oxygen atoms in total. The average Bonchev–Trinajstić information content (AvgIpc) is 2.89. The van der Waals surface area contributed by atoms with Crippen molar-refractivity contribution >= 4 is 5.97 Å². The fraction of sp³-hybridized carbons (Fsp3) is 0.633. The van der Waals surface area contributed by atoms with Crippen molar-refractivity contribution in [3.8, 4) is 17.1 Å². The molecule has 0 aliphatic heterocycles. The maximum Gasteiger partial charge on any atom is 0.314 e. The van der Waals surface area contributed by atoms with Gasteiger partial charge in [-0.2, -0.15) is 0 Å². The van der Waals surface area contributed by atoms with Crippen molar-refractivity contribution in [2.24, 2.45) is 17.8 Å². The minimum absolute atomic E-state index is 0.0466. The van der Waals surface area contributed by atoms with E-state index in [1.165, 1.54) is 63.4 Å². The van der Waals surface area contributed by atoms with Crippen molar-refractivity contribution < 1.29 is 9.53 Å². The van der Waals surface area contributed by atoms with Crippen LogP contribution in [0.5, 0.6) is 5.75 Å². The summed E-state index contributed by atoms with van der Waals surface area (Å²) in [6, 6.07) is 7.64. The molecule has 184 valence electrons. The monoisotopic (exact) mass is 462 g/mol. The smallest absolute Gasteiger partial charge is 0.314 e. The Bertz CT molecular complexity index is 877. The van der Waals surface area contributed by atoms with Crippen LogP contribution in [0, 0.1) is 17.8 Å². The van der Waals surface area contributed by atoms with Crippen LogP contribution in [0.25, 0.3) is 11.4 Å². The third kappa shape index (κ3) is 6.67. The first-order chi connectivity index (χ1) is 16.7. The molecule has 2 saturated carbocycles. The summed E-state index contributed by atoms with van der Waals surface area (Å²) in [5.41, 5.74) is 2.23. The second-order valence-corrected chi connectivity index (χ2v) is 10.7. The van der Waals surface area contributed by atoms with Gasteiger partial charge >= 0.3 is 5.97 Å². The number of carbonyl (C=O) groups is 1. The Morgan fingerprint density at radius 3 is 2.06 bits per heavy atom. The summed E-state index contributed by atoms with van der Waals surface area (Å²) in [7, 11) is 0. The number of aromatic nitrogens is 2. The number of rotatable bonds is 9. The molecular weight excluding hydrogens is 420 g/mol. The van der Waals surface area contributed by atoms with Gasteiger partial charge < -0.3 is 4.74 Å². The van der Waals surface area contributed by atoms with Crippen molar-refractivity contribution in [1.82, 2.24) is 9.97 Å². The summed E-state index contributed by atoms with van der Waals surface area (Å²) in [4.78, 5) is 21.9. The Morgan fingerprint density at radius 1 is 0.824 bits per heavy atom. The second kappa shape index (κ2) is 12.5. The third-order valence-corrected chi connectivity index (χ3v) is 8.16. The molecule has 0 unspecified atom stereocenters. The number of unbranched alkanes of at least 4 members (excludes halogenated alkanes) is 1. The van der Waals surface area contributed by atoms with Crippen LogP contribution in [0.15, 0.2) is 36.7 Å². The first-order valence-corrected chi connectivity index (χ1v) is 13.8. The quantitative estimate of drug-likeness (QED) is 0.279. The molecule has 0 amide bonds. The van der Waals surface area contributed by atoms with Gasteiger partial charge in [-0.3, -0.25) is 4.79 Å². The average molecular weight is 463 g/mol. The molecule has 2 aromatic rings. The highest BCUT2D eigenvalue weighted by molar-refractivity contribution is 5.75. The van der Waals surface area contributed by atoms with Gasteiger partial charge in [-0.05, 0) is 98.9 Å². The number of nitrogens with zero attached hydrogens (tertiary/aromatic N) is 2. The molecule has 4 rings (SSSR count). The molecule has 0 radical (unpaired) electrons. The Kier molecular flexibility index (Phi) is 9.12. The Balaban J connectivity index is 1.27. The Hall–Kier alpha value is -2.23. The summed E-state index contributed by atoms with van der Waals surface area (Å²) >= 11 is 0. The zero-order chi connectivity index (χ0) is 23.8. The minimum atomic E-state index is -0.0762. The predicted octanol–water partition coefficient (Wildman–Crippen LogP) is 8.12. The van der Waals surface area contributed by atoms with Crippen LogP contribution in [0.4, 0.5) is 0 Å². The van der Waals surface area contributed by atoms with Crippen molar-refractivity contribution in [1.29, 1.82) is 0 Å². The molecule has 2 aliphatic rings. The standard InChI is InChI=1S/C30H42N2O2/c1-3-5-7-23-8-12-24(13-9-23)27-20-31-29(32-21-27)25-16-18-28(19-17-25)34-30(33)26-14-10-22(6-4-2)11-15-26/h16-24,26H,3-15H2,1-2H3. The normalized spacial score (nSPS) is 25.1. The SMILES string of the molecule is CCCCC1CCC(c2cnc(-c3ccc(OC(=O)C4CCC(CCC)CC4)cc3)nc2)CC1. The van der Waals surface area contributed by atoms with E-state index in [9.17, 15) is 4.79 Å². The molecule has 0 saturated heterocycles. The number of hydrogen-bond donors (Lipinski definition) is 0. The van der Waals surface area contributed by atoms with Crippen LogP contribution >= 0.6 is 0 Å². The molecule has 0 bridgehead atoms. The van der Waals surface area contributed by atoms with Gasteiger partial charge in [-0.1, -0.05) is 46.0 Å². The van der Waals surface area contributed by atoms with E-state index in [0.717, 1.165) is 48.9 Å². The van der Waals surface area contributed by atoms with Gasteiger partial charge in [0, 0.05) is 18.0 Å². The first kappa shape index (κ1) is 24.9. The highest BCUT2D eigenvalue weighted by Crippen LogP contribution is 2.37. The van der Waals surface area contributed by atoms with Gasteiger partial charge in [0.25, 0.3) is 0 Å². The van der Waals surface area contributed by atoms with Gasteiger partial charge in [0.15, 0.2) is 5.82 Å². The molecule has 0 atom stereocenters. The molecule has 2 fully saturated rings. The lowest BCUT2D eigenvalue weighted by atomic mass is 9.78. The van der Waals surface area contributed by atoms with Crippen molar-refractivity contribution in [2.45, 2.75) is 103 Å². The van der Waals surface area contributed by atoms with E-state index in [2.05, 4.69) is 23.8 Å². The van der Waals surface area contributed by atoms with Crippen LogP contribution in [-0.4, -0.2) is 15.9 Å². The van der Waals surface area contributed by atoms with E-state index in [1.807, 2.05) is 36.7 Å². The van der Waals surface area contributed by atoms with E-state index >= 15 is 0 Å². The molecule has 0 spiro atoms. The van der Waals surface area contributed by atoms with Crippen LogP contribution < -0.4 is 4.74 Å². The zero-order valence-corrected chi connectivity index (χ0v) is 21.2. The molecule has 0 N–H and O–H groups in total. The lowest BCUT2D eigenvalue weighted by molar-refractivity contribution is -0.140. The van der Waals surface area contributed by atoms with Crippen molar-refractivity contribution in [3.63, 3.8) is 0 Å². The number of benzene rings is 1. The zero-order valence-electron chi connectivity index (χ0n) is 21.2. The summed E-state index contributed by atoms with van der Waals surface area (Å²) in [6.45, 7) is 4.52. The Morgan fingerprint density at radius 2 is 1.44 bits per heavy atom. The van der Waals surface area contributed by atoms with Crippen molar-refractivity contribution in [2.75, 3.05) is 0 Å². The molecule has 34 heavy (non-hydrogen) atoms. The van der Waals surface area contributed by atoms with Gasteiger partial charge in [0.1, 0.15) is 5.75 Å². The maximum absolute atomic E-state index is 12.6. The molecule has 2 aliphatic carbocycles. The van der Waals surface area contributed by atoms with Crippen LogP contribution in [0.3, 0.4) is 0 Å². The number of ether oxygens (including phenoxy) is 1. The molecule has 4 heteroatoms. The van der Waals surface area contributed by atoms with E-state index in [1.54, 1.807) is 0 Å². The molecule has 1 heterocycles. The van der Waals surface area contributed by atoms with Crippen molar-refractivity contribution in [3.05, 3.63) is 42.2 Å². The number of esters is 1. The fourth-order valence-electron chi connectivity index (χ4n) is 5.94. The lowest BCUT2D eigenvalue weighted by Crippen LogP contribution is -2.25. The van der Waals surface area contributed by atoms with E-state index < -0.39 is 0 Å². The van der Waals surface area contributed by atoms with Crippen LogP contribution in [0.2, 0.25) is 0 Å². The van der Waals surface area contributed by atoms with Gasteiger partial charge in [0.05, 0.1) is 5.92 Å². The lowest BCUT2D eigenvalue weighted by Gasteiger charge is -2.28. The van der Waals surface area contributed by atoms with Gasteiger partial charge in [-0.15, -0.1) is 0 Å². The van der Waals surface area contributed by atoms with E-state index in [-0.39, 0.29) is 11.9 Å². The maximum atomic E-state index is 12.6. The topological polar surface area (TPSA) is 52.1 Å². The largest absolute Gasteiger partial charge is 0.426 e. The summed E-state index contributed by atoms with van der Waals surface area (Å²) in [5.74, 6) is 3.62. The van der Waals surface area contributed by atoms with Gasteiger partial charge in [-0.25, -0.2) is 9.97 Å². The van der Waals surface area contributed by atoms with Gasteiger partial charge in [0.2, 0.25) is 0 Å². The Labute approximate surface area is 205 Å². The van der Waals surface area contributed by atoms with E-state index in [4.69, 9.17) is 4.74 Å². The third-order valence-electron chi connectivity index (χ3n) is 8.16. The summed E-state index contributed by atoms with van der Waals surface area (Å²) in [6.07, 6.45) is 20.0. The summed E-state index contributed by atoms with van der Waals surface area (Å²) < 4.78 is 5.69. The molecule has 1 aromatic carbocycles. The first-order valence-electron chi connectivity index (χ1n) is 13.8. The number of hydrogen-bond acceptors (Lipinski definition) is 4. The molecular formula is C30H42N2O2. The predicted molar refractivity (Wildman–Crippen MR) is 138 cm³/mol. The molecule has 1 aromatic heterocycles. The highest BCUT2D eigenvalue weighted by Gasteiger charge is 2.27. The van der Waals surface area contributed by atoms with Crippen LogP contribution in [-0.2, 0) is 4.79 Å². The highest BCUT2D eigenvalue weighted by atomic mass is 16.5. The number of carbonyl (C=O) groups excluding carboxylic acids is 1. The summed E-state index contributed by atoms with van der Waals surface area (Å²) in [5, 5.41) is 0.